The van der Waals surface area contributed by atoms with E-state index >= 15 is 0 Å². The number of aliphatic carboxylic acids is 1. The Balaban J connectivity index is 1.81. The predicted molar refractivity (Wildman–Crippen MR) is 81.2 cm³/mol. The third-order valence-electron chi connectivity index (χ3n) is 3.41. The van der Waals surface area contributed by atoms with Gasteiger partial charge in [-0.2, -0.15) is 0 Å². The number of carboxylic acid groups (broad SMARTS) is 1. The Morgan fingerprint density at radius 3 is 2.83 bits per heavy atom. The zero-order valence-electron chi connectivity index (χ0n) is 12.6. The normalized spacial score (nSPS) is 22.6. The first kappa shape index (κ1) is 17.3. The molecule has 2 atom stereocenters. The molecule has 0 unspecified atom stereocenters. The lowest BCUT2D eigenvalue weighted by Crippen LogP contribution is -2.68. The number of esters is 1. The lowest BCUT2D eigenvalue weighted by atomic mass is 10.1. The Bertz CT molecular complexity index is 561. The second kappa shape index (κ2) is 7.49. The van der Waals surface area contributed by atoms with Crippen molar-refractivity contribution in [1.29, 1.82) is 0 Å². The van der Waals surface area contributed by atoms with Gasteiger partial charge in [-0.1, -0.05) is 0 Å². The molecule has 0 aromatic carbocycles. The van der Waals surface area contributed by atoms with Crippen molar-refractivity contribution in [2.24, 2.45) is 0 Å². The van der Waals surface area contributed by atoms with Crippen molar-refractivity contribution in [2.45, 2.75) is 37.6 Å². The maximum Gasteiger partial charge on any atom is 0.303 e. The van der Waals surface area contributed by atoms with Crippen LogP contribution in [0.25, 0.3) is 0 Å². The molecule has 0 saturated carbocycles. The highest BCUT2D eigenvalue weighted by Crippen LogP contribution is 2.36. The number of carbonyl (C=O) groups excluding carboxylic acids is 3. The summed E-state index contributed by atoms with van der Waals surface area (Å²) < 4.78 is 4.90. The number of β-lactam (4-membered cyclic amide) rings is 1. The number of thioether (sulfide) groups is 1. The summed E-state index contributed by atoms with van der Waals surface area (Å²) in [5, 5.41) is 11.0. The summed E-state index contributed by atoms with van der Waals surface area (Å²) in [6, 6.07) is -0.580. The van der Waals surface area contributed by atoms with Gasteiger partial charge in [-0.05, 0) is 12.0 Å². The van der Waals surface area contributed by atoms with E-state index in [1.807, 2.05) is 0 Å². The average Bonchev–Trinajstić information content (AvgIpc) is 2.49. The van der Waals surface area contributed by atoms with Crippen molar-refractivity contribution in [3.05, 3.63) is 11.8 Å². The molecule has 0 aliphatic carbocycles. The topological polar surface area (TPSA) is 113 Å². The van der Waals surface area contributed by atoms with Gasteiger partial charge in [0.1, 0.15) is 18.0 Å². The quantitative estimate of drug-likeness (QED) is 0.498. The Hall–Kier alpha value is -2.03. The van der Waals surface area contributed by atoms with Gasteiger partial charge in [-0.15, -0.1) is 11.8 Å². The predicted octanol–water partition coefficient (Wildman–Crippen LogP) is 0.0882. The van der Waals surface area contributed by atoms with E-state index in [9.17, 15) is 19.2 Å². The molecule has 0 radical (unpaired) electrons. The fourth-order valence-electron chi connectivity index (χ4n) is 2.28. The zero-order chi connectivity index (χ0) is 17.0. The van der Waals surface area contributed by atoms with Gasteiger partial charge in [0.25, 0.3) is 5.91 Å². The highest BCUT2D eigenvalue weighted by atomic mass is 32.2. The fourth-order valence-corrected chi connectivity index (χ4v) is 3.52. The molecule has 0 bridgehead atoms. The molecule has 1 saturated heterocycles. The van der Waals surface area contributed by atoms with E-state index in [0.717, 1.165) is 5.57 Å². The minimum atomic E-state index is -0.947. The SMILES string of the molecule is CC(=O)OCC1=CN2C(=O)[C@@H](NC(=O)CCCC(=O)O)[C@H]2SC1. The van der Waals surface area contributed by atoms with Gasteiger partial charge in [0.05, 0.1) is 0 Å². The van der Waals surface area contributed by atoms with Crippen LogP contribution in [0.1, 0.15) is 26.2 Å². The number of fused-ring (bicyclic) bond motifs is 1. The van der Waals surface area contributed by atoms with Crippen LogP contribution in [0.15, 0.2) is 11.8 Å². The van der Waals surface area contributed by atoms with E-state index in [2.05, 4.69) is 5.32 Å². The molecular formula is C14H18N2O6S. The van der Waals surface area contributed by atoms with Crippen LogP contribution in [-0.4, -0.2) is 57.5 Å². The van der Waals surface area contributed by atoms with E-state index in [4.69, 9.17) is 9.84 Å². The Morgan fingerprint density at radius 2 is 2.17 bits per heavy atom. The summed E-state index contributed by atoms with van der Waals surface area (Å²) in [6.07, 6.45) is 1.93. The smallest absolute Gasteiger partial charge is 0.303 e. The van der Waals surface area contributed by atoms with Gasteiger partial charge in [-0.3, -0.25) is 19.2 Å². The van der Waals surface area contributed by atoms with Crippen molar-refractivity contribution < 1.29 is 29.0 Å². The first-order chi connectivity index (χ1) is 10.9. The lowest BCUT2D eigenvalue weighted by Gasteiger charge is -2.47. The minimum absolute atomic E-state index is 0.0708. The first-order valence-corrected chi connectivity index (χ1v) is 8.21. The fraction of sp³-hybridized carbons (Fsp3) is 0.571. The van der Waals surface area contributed by atoms with E-state index in [1.54, 1.807) is 6.20 Å². The highest BCUT2D eigenvalue weighted by Gasteiger charge is 2.49. The molecule has 0 aromatic rings. The molecule has 2 amide bonds. The lowest BCUT2D eigenvalue weighted by molar-refractivity contribution is -0.145. The summed E-state index contributed by atoms with van der Waals surface area (Å²) in [5.41, 5.74) is 0.834. The molecule has 2 rings (SSSR count). The van der Waals surface area contributed by atoms with Gasteiger partial charge < -0.3 is 20.1 Å². The first-order valence-electron chi connectivity index (χ1n) is 7.16. The van der Waals surface area contributed by atoms with Crippen LogP contribution in [0.2, 0.25) is 0 Å². The second-order valence-electron chi connectivity index (χ2n) is 5.31. The van der Waals surface area contributed by atoms with Crippen molar-refractivity contribution in [2.75, 3.05) is 12.4 Å². The summed E-state index contributed by atoms with van der Waals surface area (Å²) >= 11 is 1.49. The largest absolute Gasteiger partial charge is 0.481 e. The van der Waals surface area contributed by atoms with Gasteiger partial charge in [0, 0.05) is 31.7 Å². The number of hydrogen-bond donors (Lipinski definition) is 2. The molecule has 0 spiro atoms. The molecule has 9 heteroatoms. The van der Waals surface area contributed by atoms with Crippen molar-refractivity contribution in [1.82, 2.24) is 10.2 Å². The Kier molecular flexibility index (Phi) is 5.64. The van der Waals surface area contributed by atoms with E-state index < -0.39 is 12.0 Å². The molecule has 126 valence electrons. The number of carboxylic acids is 1. The van der Waals surface area contributed by atoms with Crippen LogP contribution in [0, 0.1) is 0 Å². The molecule has 0 aromatic heterocycles. The third-order valence-corrected chi connectivity index (χ3v) is 4.79. The second-order valence-corrected chi connectivity index (χ2v) is 6.41. The number of amides is 2. The van der Waals surface area contributed by atoms with Gasteiger partial charge in [0.15, 0.2) is 0 Å². The maximum atomic E-state index is 12.0. The number of nitrogens with one attached hydrogen (secondary N) is 1. The van der Waals surface area contributed by atoms with Crippen LogP contribution in [-0.2, 0) is 23.9 Å². The molecule has 8 nitrogen and oxygen atoms in total. The molecule has 2 heterocycles. The van der Waals surface area contributed by atoms with Crippen molar-refractivity contribution in [3.8, 4) is 0 Å². The number of ether oxygens (including phenoxy) is 1. The number of hydrogen-bond acceptors (Lipinski definition) is 6. The minimum Gasteiger partial charge on any atom is -0.481 e. The Morgan fingerprint density at radius 1 is 1.43 bits per heavy atom. The van der Waals surface area contributed by atoms with Crippen molar-refractivity contribution in [3.63, 3.8) is 0 Å². The summed E-state index contributed by atoms with van der Waals surface area (Å²) in [4.78, 5) is 46.5. The van der Waals surface area contributed by atoms with Crippen LogP contribution in [0.5, 0.6) is 0 Å². The standard InChI is InChI=1S/C14H18N2O6S/c1-8(17)22-6-9-5-16-13(21)12(14(16)23-7-9)15-10(18)3-2-4-11(19)20/h5,12,14H,2-4,6-7H2,1H3,(H,15,18)(H,19,20)/t12-,14-/m1/s1. The average molecular weight is 342 g/mol. The van der Waals surface area contributed by atoms with Crippen molar-refractivity contribution >= 4 is 35.5 Å². The molecule has 2 aliphatic heterocycles. The van der Waals surface area contributed by atoms with Gasteiger partial charge in [-0.25, -0.2) is 0 Å². The maximum absolute atomic E-state index is 12.0. The molecule has 2 N–H and O–H groups in total. The van der Waals surface area contributed by atoms with Crippen LogP contribution < -0.4 is 5.32 Å². The van der Waals surface area contributed by atoms with Crippen LogP contribution in [0.3, 0.4) is 0 Å². The zero-order valence-corrected chi connectivity index (χ0v) is 13.4. The van der Waals surface area contributed by atoms with E-state index in [-0.39, 0.29) is 49.0 Å². The Labute approximate surface area is 137 Å². The van der Waals surface area contributed by atoms with Crippen LogP contribution in [0.4, 0.5) is 0 Å². The molecule has 2 aliphatic rings. The molecule has 23 heavy (non-hydrogen) atoms. The number of carbonyl (C=O) groups is 4. The van der Waals surface area contributed by atoms with E-state index in [0.29, 0.717) is 5.75 Å². The summed E-state index contributed by atoms with van der Waals surface area (Å²) in [7, 11) is 0. The van der Waals surface area contributed by atoms with Gasteiger partial charge >= 0.3 is 11.9 Å². The molecule has 1 fully saturated rings. The van der Waals surface area contributed by atoms with E-state index in [1.165, 1.54) is 23.6 Å². The molecular weight excluding hydrogens is 324 g/mol. The third kappa shape index (κ3) is 4.47. The summed E-state index contributed by atoms with van der Waals surface area (Å²) in [5.74, 6) is -1.24. The van der Waals surface area contributed by atoms with Gasteiger partial charge in [0.2, 0.25) is 5.91 Å². The summed E-state index contributed by atoms with van der Waals surface area (Å²) in [6.45, 7) is 1.48. The monoisotopic (exact) mass is 342 g/mol. The number of nitrogens with zero attached hydrogens (tertiary/aromatic N) is 1. The number of rotatable bonds is 7. The highest BCUT2D eigenvalue weighted by molar-refractivity contribution is 8.00. The van der Waals surface area contributed by atoms with Crippen LogP contribution >= 0.6 is 11.8 Å².